The molecule has 19 heavy (non-hydrogen) atoms. The molecule has 0 N–H and O–H groups in total. The third-order valence-corrected chi connectivity index (χ3v) is 4.06. The predicted octanol–water partition coefficient (Wildman–Crippen LogP) is 1.96. The van der Waals surface area contributed by atoms with Crippen molar-refractivity contribution in [1.82, 2.24) is 0 Å². The van der Waals surface area contributed by atoms with E-state index in [1.807, 2.05) is 18.2 Å². The number of methoxy groups -OCH3 is 1. The van der Waals surface area contributed by atoms with E-state index in [-0.39, 0.29) is 5.97 Å². The molecule has 0 bridgehead atoms. The number of hydrogen-bond donors (Lipinski definition) is 0. The third kappa shape index (κ3) is 1.33. The lowest BCUT2D eigenvalue weighted by Gasteiger charge is -2.27. The van der Waals surface area contributed by atoms with Gasteiger partial charge < -0.3 is 9.47 Å². The molecular formula is C15H13NO3. The van der Waals surface area contributed by atoms with Crippen molar-refractivity contribution in [2.75, 3.05) is 7.11 Å². The zero-order valence-electron chi connectivity index (χ0n) is 10.6. The minimum Gasteiger partial charge on any atom is -0.425 e. The van der Waals surface area contributed by atoms with Gasteiger partial charge in [0.25, 0.3) is 0 Å². The van der Waals surface area contributed by atoms with Gasteiger partial charge in [-0.2, -0.15) is 5.26 Å². The largest absolute Gasteiger partial charge is 0.425 e. The van der Waals surface area contributed by atoms with Crippen molar-refractivity contribution in [2.24, 2.45) is 5.92 Å². The number of hydrogen-bond acceptors (Lipinski definition) is 4. The van der Waals surface area contributed by atoms with Gasteiger partial charge in [0.1, 0.15) is 11.2 Å². The van der Waals surface area contributed by atoms with E-state index in [1.165, 1.54) is 7.11 Å². The van der Waals surface area contributed by atoms with Crippen LogP contribution in [-0.4, -0.2) is 19.2 Å². The molecule has 2 aliphatic rings. The predicted molar refractivity (Wildman–Crippen MR) is 67.4 cm³/mol. The van der Waals surface area contributed by atoms with Gasteiger partial charge in [0, 0.05) is 12.7 Å². The quantitative estimate of drug-likeness (QED) is 0.437. The van der Waals surface area contributed by atoms with Gasteiger partial charge in [0.2, 0.25) is 0 Å². The van der Waals surface area contributed by atoms with Crippen LogP contribution in [-0.2, 0) is 14.9 Å². The van der Waals surface area contributed by atoms with Crippen LogP contribution < -0.4 is 4.74 Å². The number of ether oxygens (including phenoxy) is 2. The van der Waals surface area contributed by atoms with Crippen LogP contribution >= 0.6 is 0 Å². The van der Waals surface area contributed by atoms with Gasteiger partial charge in [0.05, 0.1) is 18.1 Å². The van der Waals surface area contributed by atoms with Crippen molar-refractivity contribution in [3.8, 4) is 11.8 Å². The molecule has 0 amide bonds. The molecule has 1 aromatic rings. The summed E-state index contributed by atoms with van der Waals surface area (Å²) in [4.78, 5) is 12.4. The van der Waals surface area contributed by atoms with Crippen LogP contribution in [0.4, 0.5) is 0 Å². The molecule has 1 aliphatic carbocycles. The van der Waals surface area contributed by atoms with E-state index in [4.69, 9.17) is 9.47 Å². The number of carbonyl (C=O) groups is 1. The first kappa shape index (κ1) is 11.9. The molecular weight excluding hydrogens is 242 g/mol. The fourth-order valence-electron chi connectivity index (χ4n) is 3.23. The summed E-state index contributed by atoms with van der Waals surface area (Å²) in [7, 11) is 1.52. The van der Waals surface area contributed by atoms with Crippen LogP contribution in [0.1, 0.15) is 12.0 Å². The van der Waals surface area contributed by atoms with E-state index in [0.717, 1.165) is 11.1 Å². The van der Waals surface area contributed by atoms with Crippen molar-refractivity contribution < 1.29 is 14.3 Å². The molecule has 0 unspecified atom stereocenters. The molecule has 0 radical (unpaired) electrons. The van der Waals surface area contributed by atoms with Gasteiger partial charge in [-0.05, 0) is 12.5 Å². The molecule has 1 aromatic carbocycles. The van der Waals surface area contributed by atoms with E-state index < -0.39 is 17.4 Å². The summed E-state index contributed by atoms with van der Waals surface area (Å²) in [5.41, 5.74) is 0.608. The monoisotopic (exact) mass is 255 g/mol. The SMILES string of the molecule is C=C1C[C@@]2(C(=O)Oc3ccccc32)[C@@H](OC)[C@@H]1C#N. The minimum absolute atomic E-state index is 0.348. The zero-order chi connectivity index (χ0) is 13.6. The summed E-state index contributed by atoms with van der Waals surface area (Å²) >= 11 is 0. The first-order valence-electron chi connectivity index (χ1n) is 6.07. The molecule has 1 spiro atoms. The van der Waals surface area contributed by atoms with E-state index >= 15 is 0 Å². The van der Waals surface area contributed by atoms with Crippen molar-refractivity contribution in [1.29, 1.82) is 5.26 Å². The smallest absolute Gasteiger partial charge is 0.325 e. The highest BCUT2D eigenvalue weighted by atomic mass is 16.5. The molecule has 3 atom stereocenters. The fraction of sp³-hybridized carbons (Fsp3) is 0.333. The number of carbonyl (C=O) groups excluding carboxylic acids is 1. The molecule has 0 aromatic heterocycles. The Bertz CT molecular complexity index is 616. The Morgan fingerprint density at radius 2 is 2.26 bits per heavy atom. The normalized spacial score (nSPS) is 32.2. The van der Waals surface area contributed by atoms with Crippen LogP contribution in [0.5, 0.6) is 5.75 Å². The number of rotatable bonds is 1. The maximum atomic E-state index is 12.4. The number of para-hydroxylation sites is 1. The number of nitriles is 1. The molecule has 96 valence electrons. The number of esters is 1. The average molecular weight is 255 g/mol. The second-order valence-corrected chi connectivity index (χ2v) is 4.96. The Labute approximate surface area is 111 Å². The first-order valence-corrected chi connectivity index (χ1v) is 6.07. The highest BCUT2D eigenvalue weighted by molar-refractivity contribution is 5.92. The Hall–Kier alpha value is -2.12. The maximum absolute atomic E-state index is 12.4. The second kappa shape index (κ2) is 3.94. The van der Waals surface area contributed by atoms with E-state index in [0.29, 0.717) is 12.2 Å². The number of nitrogens with zero attached hydrogens (tertiary/aromatic N) is 1. The number of benzene rings is 1. The van der Waals surface area contributed by atoms with E-state index in [1.54, 1.807) is 6.07 Å². The molecule has 1 heterocycles. The van der Waals surface area contributed by atoms with Crippen molar-refractivity contribution in [3.05, 3.63) is 42.0 Å². The van der Waals surface area contributed by atoms with Crippen molar-refractivity contribution >= 4 is 5.97 Å². The lowest BCUT2D eigenvalue weighted by Crippen LogP contribution is -2.44. The lowest BCUT2D eigenvalue weighted by molar-refractivity contribution is -0.142. The summed E-state index contributed by atoms with van der Waals surface area (Å²) in [6.45, 7) is 3.92. The molecule has 4 nitrogen and oxygen atoms in total. The standard InChI is InChI=1S/C15H13NO3/c1-9-7-15(13(18-2)10(9)8-16)11-5-3-4-6-12(11)19-14(15)17/h3-6,10,13H,1,7H2,2H3/t10-,13+,15+/m1/s1. The number of fused-ring (bicyclic) bond motifs is 2. The first-order chi connectivity index (χ1) is 9.15. The Balaban J connectivity index is 2.21. The Kier molecular flexibility index (Phi) is 2.48. The van der Waals surface area contributed by atoms with Gasteiger partial charge in [-0.15, -0.1) is 0 Å². The van der Waals surface area contributed by atoms with Crippen LogP contribution in [0.3, 0.4) is 0 Å². The third-order valence-electron chi connectivity index (χ3n) is 4.06. The summed E-state index contributed by atoms with van der Waals surface area (Å²) < 4.78 is 10.8. The molecule has 1 fully saturated rings. The topological polar surface area (TPSA) is 59.3 Å². The van der Waals surface area contributed by atoms with Crippen LogP contribution in [0.2, 0.25) is 0 Å². The fourth-order valence-corrected chi connectivity index (χ4v) is 3.23. The van der Waals surface area contributed by atoms with Gasteiger partial charge in [0.15, 0.2) is 0 Å². The Morgan fingerprint density at radius 3 is 2.95 bits per heavy atom. The van der Waals surface area contributed by atoms with Crippen LogP contribution in [0.15, 0.2) is 36.4 Å². The molecule has 0 saturated heterocycles. The summed E-state index contributed by atoms with van der Waals surface area (Å²) in [6.07, 6.45) is -0.138. The lowest BCUT2D eigenvalue weighted by atomic mass is 9.77. The summed E-state index contributed by atoms with van der Waals surface area (Å²) in [5, 5.41) is 9.27. The average Bonchev–Trinajstić information content (AvgIpc) is 2.86. The van der Waals surface area contributed by atoms with Crippen LogP contribution in [0.25, 0.3) is 0 Å². The second-order valence-electron chi connectivity index (χ2n) is 4.96. The molecule has 4 heteroatoms. The van der Waals surface area contributed by atoms with Crippen molar-refractivity contribution in [2.45, 2.75) is 17.9 Å². The van der Waals surface area contributed by atoms with Gasteiger partial charge in [-0.3, -0.25) is 4.79 Å². The molecule has 1 saturated carbocycles. The van der Waals surface area contributed by atoms with Gasteiger partial charge in [-0.1, -0.05) is 30.4 Å². The van der Waals surface area contributed by atoms with E-state index in [9.17, 15) is 10.1 Å². The van der Waals surface area contributed by atoms with Gasteiger partial charge in [-0.25, -0.2) is 0 Å². The summed E-state index contributed by atoms with van der Waals surface area (Å²) in [6, 6.07) is 9.48. The molecule has 1 aliphatic heterocycles. The Morgan fingerprint density at radius 1 is 1.53 bits per heavy atom. The minimum atomic E-state index is -0.914. The summed E-state index contributed by atoms with van der Waals surface area (Å²) in [5.74, 6) is -0.274. The van der Waals surface area contributed by atoms with Gasteiger partial charge >= 0.3 is 5.97 Å². The maximum Gasteiger partial charge on any atom is 0.325 e. The zero-order valence-corrected chi connectivity index (χ0v) is 10.6. The highest BCUT2D eigenvalue weighted by Gasteiger charge is 2.62. The highest BCUT2D eigenvalue weighted by Crippen LogP contribution is 2.54. The molecule has 3 rings (SSSR count). The van der Waals surface area contributed by atoms with Crippen LogP contribution in [0, 0.1) is 17.2 Å². The van der Waals surface area contributed by atoms with Crippen molar-refractivity contribution in [3.63, 3.8) is 0 Å². The van der Waals surface area contributed by atoms with E-state index in [2.05, 4.69) is 12.6 Å².